The number of cyclic esters (lactones) is 1. The van der Waals surface area contributed by atoms with Gasteiger partial charge in [0.2, 0.25) is 3.79 Å². The zero-order chi connectivity index (χ0) is 9.35. The van der Waals surface area contributed by atoms with Gasteiger partial charge in [-0.3, -0.25) is 4.79 Å². The molecule has 0 aromatic rings. The van der Waals surface area contributed by atoms with Crippen LogP contribution in [0.15, 0.2) is 0 Å². The van der Waals surface area contributed by atoms with E-state index in [2.05, 4.69) is 4.74 Å². The smallest absolute Gasteiger partial charge is 0.309 e. The summed E-state index contributed by atoms with van der Waals surface area (Å²) in [5.74, 6) is -0.489. The Labute approximate surface area is 83.9 Å². The third-order valence-corrected chi connectivity index (χ3v) is 2.21. The lowest BCUT2D eigenvalue weighted by atomic mass is 10.2. The van der Waals surface area contributed by atoms with Crippen molar-refractivity contribution in [2.24, 2.45) is 0 Å². The van der Waals surface area contributed by atoms with Crippen LogP contribution < -0.4 is 0 Å². The molecule has 0 aromatic carbocycles. The summed E-state index contributed by atoms with van der Waals surface area (Å²) in [5.41, 5.74) is 0. The molecular formula is C5H6Cl3NO3. The summed E-state index contributed by atoms with van der Waals surface area (Å²) in [4.78, 5) is 10.7. The number of hydrogen-bond donors (Lipinski definition) is 1. The summed E-state index contributed by atoms with van der Waals surface area (Å²) in [5, 5.41) is 9.81. The molecule has 0 amide bonds. The summed E-state index contributed by atoms with van der Waals surface area (Å²) >= 11 is 16.5. The minimum Gasteiger partial charge on any atom is -0.447 e. The third-order valence-electron chi connectivity index (χ3n) is 1.46. The number of carbonyl (C=O) groups excluding carboxylic acids is 1. The monoisotopic (exact) mass is 233 g/mol. The Hall–Kier alpha value is 0.260. The summed E-state index contributed by atoms with van der Waals surface area (Å²) in [6, 6.07) is -0.844. The van der Waals surface area contributed by atoms with E-state index in [1.54, 1.807) is 0 Å². The standard InChI is InChI=1S/C5H6Cl3NO3/c6-5(7,8)3-1-4(10)12-2-9(3)11/h3,11H,1-2H2. The zero-order valence-electron chi connectivity index (χ0n) is 5.84. The van der Waals surface area contributed by atoms with E-state index in [0.717, 1.165) is 0 Å². The molecular weight excluding hydrogens is 228 g/mol. The second kappa shape index (κ2) is 3.55. The second-order valence-electron chi connectivity index (χ2n) is 2.35. The maximum absolute atomic E-state index is 10.7. The quantitative estimate of drug-likeness (QED) is 0.507. The van der Waals surface area contributed by atoms with Crippen LogP contribution in [-0.4, -0.2) is 32.8 Å². The first-order valence-corrected chi connectivity index (χ1v) is 4.22. The van der Waals surface area contributed by atoms with E-state index in [1.165, 1.54) is 0 Å². The SMILES string of the molecule is O=C1CC(C(Cl)(Cl)Cl)N(O)CO1. The molecule has 12 heavy (non-hydrogen) atoms. The molecule has 4 nitrogen and oxygen atoms in total. The molecule has 1 saturated heterocycles. The maximum atomic E-state index is 10.7. The highest BCUT2D eigenvalue weighted by atomic mass is 35.6. The molecule has 7 heteroatoms. The van der Waals surface area contributed by atoms with Crippen LogP contribution in [0, 0.1) is 0 Å². The van der Waals surface area contributed by atoms with E-state index in [-0.39, 0.29) is 13.2 Å². The molecule has 0 spiro atoms. The van der Waals surface area contributed by atoms with Crippen LogP contribution in [0.4, 0.5) is 0 Å². The third kappa shape index (κ3) is 2.37. The predicted octanol–water partition coefficient (Wildman–Crippen LogP) is 1.32. The molecule has 1 rings (SSSR count). The average molecular weight is 234 g/mol. The highest BCUT2D eigenvalue weighted by Crippen LogP contribution is 2.36. The molecule has 0 bridgehead atoms. The molecule has 1 N–H and O–H groups in total. The van der Waals surface area contributed by atoms with E-state index < -0.39 is 15.8 Å². The van der Waals surface area contributed by atoms with Gasteiger partial charge in [-0.05, 0) is 0 Å². The van der Waals surface area contributed by atoms with E-state index in [1.807, 2.05) is 0 Å². The van der Waals surface area contributed by atoms with Crippen molar-refractivity contribution in [1.82, 2.24) is 5.06 Å². The van der Waals surface area contributed by atoms with Crippen molar-refractivity contribution in [1.29, 1.82) is 0 Å². The van der Waals surface area contributed by atoms with Crippen molar-refractivity contribution < 1.29 is 14.7 Å². The molecule has 1 aliphatic heterocycles. The number of halogens is 3. The number of carbonyl (C=O) groups is 1. The first-order chi connectivity index (χ1) is 5.41. The zero-order valence-corrected chi connectivity index (χ0v) is 8.10. The number of nitrogens with zero attached hydrogens (tertiary/aromatic N) is 1. The van der Waals surface area contributed by atoms with Crippen LogP contribution in [0.2, 0.25) is 0 Å². The fraction of sp³-hybridized carbons (Fsp3) is 0.800. The topological polar surface area (TPSA) is 49.8 Å². The molecule has 70 valence electrons. The Morgan fingerprint density at radius 3 is 2.58 bits per heavy atom. The first-order valence-electron chi connectivity index (χ1n) is 3.09. The van der Waals surface area contributed by atoms with Gasteiger partial charge in [-0.1, -0.05) is 34.8 Å². The molecule has 0 radical (unpaired) electrons. The van der Waals surface area contributed by atoms with Gasteiger partial charge in [0.15, 0.2) is 6.73 Å². The normalized spacial score (nSPS) is 27.0. The van der Waals surface area contributed by atoms with Crippen LogP contribution >= 0.6 is 34.8 Å². The number of alkyl halides is 3. The largest absolute Gasteiger partial charge is 0.447 e. The van der Waals surface area contributed by atoms with Crippen molar-refractivity contribution in [2.45, 2.75) is 16.3 Å². The van der Waals surface area contributed by atoms with Gasteiger partial charge in [0.05, 0.1) is 12.5 Å². The van der Waals surface area contributed by atoms with Crippen molar-refractivity contribution in [3.63, 3.8) is 0 Å². The molecule has 0 aliphatic carbocycles. The Balaban J connectivity index is 2.67. The molecule has 0 saturated carbocycles. The second-order valence-corrected chi connectivity index (χ2v) is 4.72. The van der Waals surface area contributed by atoms with Crippen LogP contribution in [0.3, 0.4) is 0 Å². The minimum absolute atomic E-state index is 0.132. The molecule has 1 fully saturated rings. The van der Waals surface area contributed by atoms with E-state index in [9.17, 15) is 4.79 Å². The minimum atomic E-state index is -1.69. The van der Waals surface area contributed by atoms with Gasteiger partial charge in [0, 0.05) is 0 Å². The highest BCUT2D eigenvalue weighted by Gasteiger charge is 2.41. The van der Waals surface area contributed by atoms with Crippen molar-refractivity contribution in [2.75, 3.05) is 6.73 Å². The van der Waals surface area contributed by atoms with Gasteiger partial charge in [-0.15, -0.1) is 5.06 Å². The number of esters is 1. The summed E-state index contributed by atoms with van der Waals surface area (Å²) in [6.45, 7) is -0.266. The number of rotatable bonds is 0. The van der Waals surface area contributed by atoms with E-state index >= 15 is 0 Å². The number of hydroxylamine groups is 2. The summed E-state index contributed by atoms with van der Waals surface area (Å²) in [6.07, 6.45) is -0.132. The lowest BCUT2D eigenvalue weighted by molar-refractivity contribution is -0.217. The molecule has 0 aromatic heterocycles. The molecule has 1 heterocycles. The van der Waals surface area contributed by atoms with Crippen molar-refractivity contribution in [3.8, 4) is 0 Å². The lowest BCUT2D eigenvalue weighted by Crippen LogP contribution is -2.48. The van der Waals surface area contributed by atoms with Gasteiger partial charge in [-0.2, -0.15) is 0 Å². The fourth-order valence-electron chi connectivity index (χ4n) is 0.835. The van der Waals surface area contributed by atoms with Crippen LogP contribution in [-0.2, 0) is 9.53 Å². The van der Waals surface area contributed by atoms with E-state index in [4.69, 9.17) is 40.0 Å². The van der Waals surface area contributed by atoms with Crippen LogP contribution in [0.5, 0.6) is 0 Å². The van der Waals surface area contributed by atoms with Crippen molar-refractivity contribution >= 4 is 40.8 Å². The molecule has 1 atom stereocenters. The highest BCUT2D eigenvalue weighted by molar-refractivity contribution is 6.68. The predicted molar refractivity (Wildman–Crippen MR) is 43.3 cm³/mol. The van der Waals surface area contributed by atoms with Gasteiger partial charge < -0.3 is 9.94 Å². The molecule has 1 aliphatic rings. The Kier molecular flexibility index (Phi) is 3.06. The van der Waals surface area contributed by atoms with Gasteiger partial charge >= 0.3 is 5.97 Å². The van der Waals surface area contributed by atoms with Gasteiger partial charge in [0.25, 0.3) is 0 Å². The average Bonchev–Trinajstić information content (AvgIpc) is 1.92. The Morgan fingerprint density at radius 1 is 1.58 bits per heavy atom. The van der Waals surface area contributed by atoms with Crippen LogP contribution in [0.1, 0.15) is 6.42 Å². The van der Waals surface area contributed by atoms with Crippen molar-refractivity contribution in [3.05, 3.63) is 0 Å². The summed E-state index contributed by atoms with van der Waals surface area (Å²) in [7, 11) is 0. The first kappa shape index (κ1) is 10.3. The number of hydrogen-bond acceptors (Lipinski definition) is 4. The summed E-state index contributed by atoms with van der Waals surface area (Å²) < 4.78 is 2.79. The fourth-order valence-corrected chi connectivity index (χ4v) is 1.40. The Morgan fingerprint density at radius 2 is 2.17 bits per heavy atom. The Bertz CT molecular complexity index is 193. The number of ether oxygens (including phenoxy) is 1. The van der Waals surface area contributed by atoms with E-state index in [0.29, 0.717) is 5.06 Å². The van der Waals surface area contributed by atoms with Gasteiger partial charge in [0.1, 0.15) is 0 Å². The van der Waals surface area contributed by atoms with Gasteiger partial charge in [-0.25, -0.2) is 0 Å². The van der Waals surface area contributed by atoms with Crippen LogP contribution in [0.25, 0.3) is 0 Å². The maximum Gasteiger partial charge on any atom is 0.309 e. The lowest BCUT2D eigenvalue weighted by Gasteiger charge is -2.33. The molecule has 1 unspecified atom stereocenters.